The van der Waals surface area contributed by atoms with Crippen molar-refractivity contribution in [3.05, 3.63) is 70.8 Å². The van der Waals surface area contributed by atoms with Crippen molar-refractivity contribution in [1.29, 1.82) is 0 Å². The molecule has 0 fully saturated rings. The van der Waals surface area contributed by atoms with E-state index in [-0.39, 0.29) is 5.91 Å². The molecule has 0 saturated carbocycles. The van der Waals surface area contributed by atoms with Crippen LogP contribution in [0, 0.1) is 6.92 Å². The second-order valence-corrected chi connectivity index (χ2v) is 5.79. The molecule has 2 aliphatic rings. The van der Waals surface area contributed by atoms with Crippen LogP contribution >= 0.6 is 0 Å². The van der Waals surface area contributed by atoms with E-state index in [9.17, 15) is 4.79 Å². The predicted octanol–water partition coefficient (Wildman–Crippen LogP) is 3.74. The molecule has 21 heavy (non-hydrogen) atoms. The number of carbonyl (C=O) groups excluding carboxylic acids is 1. The number of fused-ring (bicyclic) bond motifs is 2. The molecule has 2 aromatic carbocycles. The number of hydrogen-bond donors (Lipinski definition) is 0. The summed E-state index contributed by atoms with van der Waals surface area (Å²) in [5, 5.41) is 0. The number of carbonyl (C=O) groups is 1. The molecule has 104 valence electrons. The van der Waals surface area contributed by atoms with Gasteiger partial charge in [-0.2, -0.15) is 0 Å². The fraction of sp³-hybridized carbons (Fsp3) is 0.211. The van der Waals surface area contributed by atoms with E-state index in [2.05, 4.69) is 37.3 Å². The SMILES string of the molecule is Cc1ccccc1N1CC2=C(CCc3ccccc32)C1=O. The van der Waals surface area contributed by atoms with Gasteiger partial charge in [-0.3, -0.25) is 4.79 Å². The Morgan fingerprint density at radius 1 is 0.905 bits per heavy atom. The Bertz CT molecular complexity index is 773. The lowest BCUT2D eigenvalue weighted by atomic mass is 9.87. The summed E-state index contributed by atoms with van der Waals surface area (Å²) in [6, 6.07) is 16.6. The van der Waals surface area contributed by atoms with Gasteiger partial charge in [0.15, 0.2) is 0 Å². The first kappa shape index (κ1) is 12.4. The summed E-state index contributed by atoms with van der Waals surface area (Å²) in [5.74, 6) is 0.189. The molecule has 0 bridgehead atoms. The zero-order chi connectivity index (χ0) is 14.4. The summed E-state index contributed by atoms with van der Waals surface area (Å²) in [4.78, 5) is 14.7. The maximum absolute atomic E-state index is 12.8. The van der Waals surface area contributed by atoms with Gasteiger partial charge in [0, 0.05) is 11.3 Å². The number of anilines is 1. The average Bonchev–Trinajstić information content (AvgIpc) is 2.85. The van der Waals surface area contributed by atoms with Crippen molar-refractivity contribution in [1.82, 2.24) is 0 Å². The Morgan fingerprint density at radius 2 is 1.67 bits per heavy atom. The van der Waals surface area contributed by atoms with Crippen molar-refractivity contribution in [3.8, 4) is 0 Å². The smallest absolute Gasteiger partial charge is 0.254 e. The van der Waals surface area contributed by atoms with Crippen LogP contribution in [0.15, 0.2) is 54.1 Å². The molecule has 1 heterocycles. The van der Waals surface area contributed by atoms with E-state index in [1.807, 2.05) is 23.1 Å². The normalized spacial score (nSPS) is 17.0. The van der Waals surface area contributed by atoms with E-state index in [0.29, 0.717) is 6.54 Å². The summed E-state index contributed by atoms with van der Waals surface area (Å²) in [5.41, 5.74) is 7.06. The molecular formula is C19H17NO. The molecule has 0 radical (unpaired) electrons. The van der Waals surface area contributed by atoms with Gasteiger partial charge in [0.25, 0.3) is 5.91 Å². The van der Waals surface area contributed by atoms with Gasteiger partial charge >= 0.3 is 0 Å². The molecule has 0 atom stereocenters. The zero-order valence-corrected chi connectivity index (χ0v) is 12.1. The fourth-order valence-electron chi connectivity index (χ4n) is 3.48. The number of hydrogen-bond acceptors (Lipinski definition) is 1. The summed E-state index contributed by atoms with van der Waals surface area (Å²) in [6.45, 7) is 2.77. The third-order valence-electron chi connectivity index (χ3n) is 4.58. The number of nitrogens with zero attached hydrogens (tertiary/aromatic N) is 1. The molecule has 2 heteroatoms. The minimum atomic E-state index is 0.189. The van der Waals surface area contributed by atoms with Gasteiger partial charge in [-0.15, -0.1) is 0 Å². The maximum Gasteiger partial charge on any atom is 0.254 e. The van der Waals surface area contributed by atoms with Gasteiger partial charge in [0.1, 0.15) is 0 Å². The molecule has 2 aromatic rings. The monoisotopic (exact) mass is 275 g/mol. The summed E-state index contributed by atoms with van der Waals surface area (Å²) in [6.07, 6.45) is 1.84. The quantitative estimate of drug-likeness (QED) is 0.776. The van der Waals surface area contributed by atoms with Gasteiger partial charge < -0.3 is 4.90 Å². The highest BCUT2D eigenvalue weighted by atomic mass is 16.2. The third-order valence-corrected chi connectivity index (χ3v) is 4.58. The minimum absolute atomic E-state index is 0.189. The Morgan fingerprint density at radius 3 is 2.52 bits per heavy atom. The lowest BCUT2D eigenvalue weighted by Gasteiger charge is -2.19. The molecular weight excluding hydrogens is 258 g/mol. The van der Waals surface area contributed by atoms with E-state index in [4.69, 9.17) is 0 Å². The lowest BCUT2D eigenvalue weighted by Crippen LogP contribution is -2.27. The van der Waals surface area contributed by atoms with Crippen LogP contribution < -0.4 is 4.90 Å². The Hall–Kier alpha value is -2.35. The largest absolute Gasteiger partial charge is 0.304 e. The maximum atomic E-state index is 12.8. The van der Waals surface area contributed by atoms with Crippen molar-refractivity contribution in [2.75, 3.05) is 11.4 Å². The molecule has 1 aliphatic heterocycles. The Kier molecular flexibility index (Phi) is 2.71. The fourth-order valence-corrected chi connectivity index (χ4v) is 3.48. The van der Waals surface area contributed by atoms with E-state index >= 15 is 0 Å². The molecule has 0 spiro atoms. The van der Waals surface area contributed by atoms with Gasteiger partial charge in [0.05, 0.1) is 6.54 Å². The summed E-state index contributed by atoms with van der Waals surface area (Å²) < 4.78 is 0. The Balaban J connectivity index is 1.78. The van der Waals surface area contributed by atoms with Crippen LogP contribution in [-0.4, -0.2) is 12.5 Å². The lowest BCUT2D eigenvalue weighted by molar-refractivity contribution is -0.114. The molecule has 0 aromatic heterocycles. The first-order valence-electron chi connectivity index (χ1n) is 7.43. The van der Waals surface area contributed by atoms with Crippen molar-refractivity contribution >= 4 is 17.2 Å². The van der Waals surface area contributed by atoms with Crippen molar-refractivity contribution in [2.24, 2.45) is 0 Å². The van der Waals surface area contributed by atoms with Crippen LogP contribution in [0.5, 0.6) is 0 Å². The summed E-state index contributed by atoms with van der Waals surface area (Å²) in [7, 11) is 0. The second kappa shape index (κ2) is 4.59. The second-order valence-electron chi connectivity index (χ2n) is 5.79. The zero-order valence-electron chi connectivity index (χ0n) is 12.1. The first-order chi connectivity index (χ1) is 10.3. The summed E-state index contributed by atoms with van der Waals surface area (Å²) >= 11 is 0. The third kappa shape index (κ3) is 1.83. The van der Waals surface area contributed by atoms with Crippen molar-refractivity contribution in [3.63, 3.8) is 0 Å². The first-order valence-corrected chi connectivity index (χ1v) is 7.43. The highest BCUT2D eigenvalue weighted by Crippen LogP contribution is 2.39. The molecule has 2 nitrogen and oxygen atoms in total. The average molecular weight is 275 g/mol. The number of para-hydroxylation sites is 1. The van der Waals surface area contributed by atoms with E-state index < -0.39 is 0 Å². The van der Waals surface area contributed by atoms with Crippen LogP contribution in [0.2, 0.25) is 0 Å². The number of amides is 1. The van der Waals surface area contributed by atoms with Crippen LogP contribution in [0.1, 0.15) is 23.1 Å². The number of aryl methyl sites for hydroxylation is 2. The molecule has 1 aliphatic carbocycles. The molecule has 0 unspecified atom stereocenters. The number of rotatable bonds is 1. The van der Waals surface area contributed by atoms with Gasteiger partial charge in [-0.1, -0.05) is 42.5 Å². The highest BCUT2D eigenvalue weighted by molar-refractivity contribution is 6.17. The number of benzene rings is 2. The van der Waals surface area contributed by atoms with Crippen molar-refractivity contribution < 1.29 is 4.79 Å². The molecule has 0 N–H and O–H groups in total. The van der Waals surface area contributed by atoms with E-state index in [1.165, 1.54) is 16.7 Å². The minimum Gasteiger partial charge on any atom is -0.304 e. The molecule has 1 amide bonds. The van der Waals surface area contributed by atoms with Crippen LogP contribution in [-0.2, 0) is 11.2 Å². The van der Waals surface area contributed by atoms with Gasteiger partial charge in [-0.25, -0.2) is 0 Å². The predicted molar refractivity (Wildman–Crippen MR) is 85.2 cm³/mol. The van der Waals surface area contributed by atoms with E-state index in [0.717, 1.165) is 29.7 Å². The van der Waals surface area contributed by atoms with Crippen molar-refractivity contribution in [2.45, 2.75) is 19.8 Å². The standard InChI is InChI=1S/C19H17NO/c1-13-6-2-5-9-18(13)20-12-17-15-8-4-3-7-14(15)10-11-16(17)19(20)21/h2-9H,10-12H2,1H3. The van der Waals surface area contributed by atoms with Crippen LogP contribution in [0.25, 0.3) is 5.57 Å². The van der Waals surface area contributed by atoms with Gasteiger partial charge in [0.2, 0.25) is 0 Å². The highest BCUT2D eigenvalue weighted by Gasteiger charge is 2.34. The Labute approximate surface area is 124 Å². The van der Waals surface area contributed by atoms with Crippen LogP contribution in [0.3, 0.4) is 0 Å². The van der Waals surface area contributed by atoms with Crippen LogP contribution in [0.4, 0.5) is 5.69 Å². The topological polar surface area (TPSA) is 20.3 Å². The van der Waals surface area contributed by atoms with Gasteiger partial charge in [-0.05, 0) is 48.1 Å². The van der Waals surface area contributed by atoms with E-state index in [1.54, 1.807) is 0 Å². The molecule has 0 saturated heterocycles. The molecule has 4 rings (SSSR count).